The first-order chi connectivity index (χ1) is 20.3. The summed E-state index contributed by atoms with van der Waals surface area (Å²) < 4.78 is 87.4. The lowest BCUT2D eigenvalue weighted by Gasteiger charge is -2.38. The molecule has 43 heavy (non-hydrogen) atoms. The summed E-state index contributed by atoms with van der Waals surface area (Å²) in [5, 5.41) is 4.99. The Morgan fingerprint density at radius 1 is 0.558 bits per heavy atom. The molecule has 4 aromatic rings. The molecule has 0 heterocycles. The number of rotatable bonds is 6. The van der Waals surface area contributed by atoms with Crippen LogP contribution in [0.1, 0.15) is 43.0 Å². The standard InChI is InChI=1S/C33H20F6N2O2/c1-3-21-7-5-9-27(19-21)40-29(42)23-11-15-25(16-12-23)31(32(34,35)36,33(37,38)39)26-17-13-24(14-18-26)30(43)41-28-10-6-8-22(4-2)20-28/h1-2,5-20H,(H,40,42)(H,41,43). The first-order valence-corrected chi connectivity index (χ1v) is 12.4. The van der Waals surface area contributed by atoms with Gasteiger partial charge in [0.2, 0.25) is 5.41 Å². The Bertz CT molecular complexity index is 1610. The summed E-state index contributed by atoms with van der Waals surface area (Å²) in [5.41, 5.74) is -5.68. The summed E-state index contributed by atoms with van der Waals surface area (Å²) in [6.45, 7) is 0. The second-order valence-electron chi connectivity index (χ2n) is 9.26. The molecule has 0 spiro atoms. The van der Waals surface area contributed by atoms with Gasteiger partial charge in [0.25, 0.3) is 11.8 Å². The van der Waals surface area contributed by atoms with E-state index in [1.165, 1.54) is 24.3 Å². The molecule has 0 aliphatic carbocycles. The highest BCUT2D eigenvalue weighted by molar-refractivity contribution is 6.05. The smallest absolute Gasteiger partial charge is 0.322 e. The van der Waals surface area contributed by atoms with Crippen LogP contribution in [0.5, 0.6) is 0 Å². The van der Waals surface area contributed by atoms with E-state index < -0.39 is 40.7 Å². The first-order valence-electron chi connectivity index (χ1n) is 12.4. The minimum atomic E-state index is -5.86. The Labute approximate surface area is 242 Å². The van der Waals surface area contributed by atoms with Gasteiger partial charge in [0.1, 0.15) is 0 Å². The summed E-state index contributed by atoms with van der Waals surface area (Å²) in [7, 11) is 0. The summed E-state index contributed by atoms with van der Waals surface area (Å²) >= 11 is 0. The van der Waals surface area contributed by atoms with Crippen LogP contribution in [0.4, 0.5) is 37.7 Å². The molecule has 0 saturated heterocycles. The maximum atomic E-state index is 14.6. The second-order valence-corrected chi connectivity index (χ2v) is 9.26. The quantitative estimate of drug-likeness (QED) is 0.180. The number of benzene rings is 4. The third-order valence-corrected chi connectivity index (χ3v) is 6.58. The average Bonchev–Trinajstić information content (AvgIpc) is 2.97. The van der Waals surface area contributed by atoms with Gasteiger partial charge >= 0.3 is 12.4 Å². The third kappa shape index (κ3) is 6.09. The van der Waals surface area contributed by atoms with Crippen LogP contribution in [-0.2, 0) is 5.41 Å². The lowest BCUT2D eigenvalue weighted by Crippen LogP contribution is -2.54. The van der Waals surface area contributed by atoms with Gasteiger partial charge < -0.3 is 10.6 Å². The summed E-state index contributed by atoms with van der Waals surface area (Å²) in [4.78, 5) is 25.3. The number of alkyl halides is 6. The lowest BCUT2D eigenvalue weighted by molar-refractivity contribution is -0.288. The third-order valence-electron chi connectivity index (χ3n) is 6.58. The second kappa shape index (κ2) is 11.8. The molecule has 0 atom stereocenters. The number of terminal acetylenes is 2. The summed E-state index contributed by atoms with van der Waals surface area (Å²) in [6, 6.07) is 18.2. The highest BCUT2D eigenvalue weighted by Gasteiger charge is 2.72. The van der Waals surface area contributed by atoms with E-state index in [9.17, 15) is 35.9 Å². The number of halogens is 6. The van der Waals surface area contributed by atoms with Crippen molar-refractivity contribution < 1.29 is 35.9 Å². The molecule has 0 saturated carbocycles. The largest absolute Gasteiger partial charge is 0.411 e. The van der Waals surface area contributed by atoms with Crippen molar-refractivity contribution in [2.45, 2.75) is 17.8 Å². The zero-order chi connectivity index (χ0) is 31.4. The van der Waals surface area contributed by atoms with Crippen molar-refractivity contribution in [2.24, 2.45) is 0 Å². The van der Waals surface area contributed by atoms with E-state index in [4.69, 9.17) is 12.8 Å². The van der Waals surface area contributed by atoms with Gasteiger partial charge in [0.15, 0.2) is 0 Å². The van der Waals surface area contributed by atoms with Gasteiger partial charge in [-0.15, -0.1) is 12.8 Å². The van der Waals surface area contributed by atoms with Crippen molar-refractivity contribution >= 4 is 23.2 Å². The molecule has 216 valence electrons. The van der Waals surface area contributed by atoms with Crippen molar-refractivity contribution in [1.29, 1.82) is 0 Å². The molecule has 10 heteroatoms. The molecule has 0 aromatic heterocycles. The predicted octanol–water partition coefficient (Wildman–Crippen LogP) is 7.56. The molecule has 0 unspecified atom stereocenters. The number of carbonyl (C=O) groups is 2. The monoisotopic (exact) mass is 590 g/mol. The number of hydrogen-bond acceptors (Lipinski definition) is 2. The van der Waals surface area contributed by atoms with Gasteiger partial charge in [0, 0.05) is 33.6 Å². The van der Waals surface area contributed by atoms with Crippen molar-refractivity contribution in [1.82, 2.24) is 0 Å². The maximum absolute atomic E-state index is 14.6. The topological polar surface area (TPSA) is 58.2 Å². The van der Waals surface area contributed by atoms with E-state index in [1.807, 2.05) is 0 Å². The van der Waals surface area contributed by atoms with Gasteiger partial charge in [-0.05, 0) is 71.8 Å². The molecule has 0 aliphatic rings. The van der Waals surface area contributed by atoms with Crippen LogP contribution in [0.15, 0.2) is 97.1 Å². The Kier molecular flexibility index (Phi) is 8.36. The van der Waals surface area contributed by atoms with Crippen LogP contribution in [-0.4, -0.2) is 24.2 Å². The normalized spacial score (nSPS) is 11.6. The van der Waals surface area contributed by atoms with Crippen LogP contribution in [0.3, 0.4) is 0 Å². The highest BCUT2D eigenvalue weighted by Crippen LogP contribution is 2.56. The molecule has 4 rings (SSSR count). The molecular formula is C33H20F6N2O2. The van der Waals surface area contributed by atoms with Gasteiger partial charge in [-0.1, -0.05) is 48.2 Å². The van der Waals surface area contributed by atoms with E-state index in [0.717, 1.165) is 24.3 Å². The molecule has 2 amide bonds. The summed E-state index contributed by atoms with van der Waals surface area (Å²) in [6.07, 6.45) is -1.06. The maximum Gasteiger partial charge on any atom is 0.411 e. The Hall–Kier alpha value is -5.48. The fraction of sp³-hybridized carbons (Fsp3) is 0.0909. The van der Waals surface area contributed by atoms with Crippen LogP contribution in [0.25, 0.3) is 0 Å². The first kappa shape index (κ1) is 30.5. The van der Waals surface area contributed by atoms with Crippen molar-refractivity contribution in [3.63, 3.8) is 0 Å². The lowest BCUT2D eigenvalue weighted by atomic mass is 9.72. The molecule has 4 aromatic carbocycles. The van der Waals surface area contributed by atoms with Crippen LogP contribution in [0.2, 0.25) is 0 Å². The minimum absolute atomic E-state index is 0.186. The molecule has 0 aliphatic heterocycles. The molecule has 0 bridgehead atoms. The molecule has 0 fully saturated rings. The van der Waals surface area contributed by atoms with E-state index in [-0.39, 0.29) is 22.5 Å². The predicted molar refractivity (Wildman–Crippen MR) is 150 cm³/mol. The number of nitrogens with one attached hydrogen (secondary N) is 2. The zero-order valence-corrected chi connectivity index (χ0v) is 22.0. The van der Waals surface area contributed by atoms with E-state index in [2.05, 4.69) is 22.5 Å². The van der Waals surface area contributed by atoms with E-state index in [0.29, 0.717) is 35.4 Å². The number of hydrogen-bond donors (Lipinski definition) is 2. The highest BCUT2D eigenvalue weighted by atomic mass is 19.4. The fourth-order valence-electron chi connectivity index (χ4n) is 4.51. The summed E-state index contributed by atoms with van der Waals surface area (Å²) in [5.74, 6) is 3.22. The van der Waals surface area contributed by atoms with E-state index in [1.54, 1.807) is 24.3 Å². The Morgan fingerprint density at radius 3 is 1.21 bits per heavy atom. The van der Waals surface area contributed by atoms with E-state index >= 15 is 0 Å². The van der Waals surface area contributed by atoms with Gasteiger partial charge in [-0.2, -0.15) is 26.3 Å². The molecule has 4 nitrogen and oxygen atoms in total. The van der Waals surface area contributed by atoms with Crippen LogP contribution < -0.4 is 10.6 Å². The number of amides is 2. The minimum Gasteiger partial charge on any atom is -0.322 e. The fourth-order valence-corrected chi connectivity index (χ4v) is 4.51. The number of carbonyl (C=O) groups excluding carboxylic acids is 2. The number of anilines is 2. The molecular weight excluding hydrogens is 570 g/mol. The Morgan fingerprint density at radius 2 is 0.907 bits per heavy atom. The van der Waals surface area contributed by atoms with Gasteiger partial charge in [0.05, 0.1) is 0 Å². The van der Waals surface area contributed by atoms with Gasteiger partial charge in [-0.3, -0.25) is 9.59 Å². The molecule has 2 N–H and O–H groups in total. The molecule has 0 radical (unpaired) electrons. The van der Waals surface area contributed by atoms with Gasteiger partial charge in [-0.25, -0.2) is 0 Å². The SMILES string of the molecule is C#Cc1cccc(NC(=O)c2ccc(C(c3ccc(C(=O)Nc4cccc(C#C)c4)cc3)(C(F)(F)F)C(F)(F)F)cc2)c1. The average molecular weight is 591 g/mol. The van der Waals surface area contributed by atoms with Crippen LogP contribution >= 0.6 is 0 Å². The van der Waals surface area contributed by atoms with Crippen LogP contribution in [0, 0.1) is 24.7 Å². The Balaban J connectivity index is 1.68. The zero-order valence-electron chi connectivity index (χ0n) is 22.0. The van der Waals surface area contributed by atoms with Crippen molar-refractivity contribution in [3.8, 4) is 24.7 Å². The van der Waals surface area contributed by atoms with Crippen molar-refractivity contribution in [2.75, 3.05) is 10.6 Å². The van der Waals surface area contributed by atoms with Crippen molar-refractivity contribution in [3.05, 3.63) is 130 Å².